The number of benzene rings is 2. The molecule has 102 valence electrons. The normalized spacial score (nSPS) is 16.8. The molecule has 1 amide bonds. The predicted octanol–water partition coefficient (Wildman–Crippen LogP) is 4.24. The molecule has 1 aliphatic heterocycles. The molecule has 2 aromatic rings. The van der Waals surface area contributed by atoms with E-state index in [0.29, 0.717) is 10.9 Å². The summed E-state index contributed by atoms with van der Waals surface area (Å²) in [6.45, 7) is 0. The van der Waals surface area contributed by atoms with Crippen LogP contribution in [0.4, 0.5) is 10.1 Å². The van der Waals surface area contributed by atoms with Gasteiger partial charge in [-0.2, -0.15) is 0 Å². The fourth-order valence-electron chi connectivity index (χ4n) is 2.13. The number of thioether (sulfide) groups is 1. The number of anilines is 1. The van der Waals surface area contributed by atoms with Gasteiger partial charge in [-0.1, -0.05) is 34.1 Å². The van der Waals surface area contributed by atoms with Crippen LogP contribution in [0.3, 0.4) is 0 Å². The van der Waals surface area contributed by atoms with E-state index in [0.717, 1.165) is 4.90 Å². The van der Waals surface area contributed by atoms with Crippen molar-refractivity contribution in [2.75, 3.05) is 5.32 Å². The second-order valence-electron chi connectivity index (χ2n) is 4.53. The summed E-state index contributed by atoms with van der Waals surface area (Å²) < 4.78 is 14.4. The molecule has 0 aromatic heterocycles. The minimum atomic E-state index is -0.437. The van der Waals surface area contributed by atoms with Crippen LogP contribution in [-0.2, 0) is 11.2 Å². The minimum absolute atomic E-state index is 0.160. The van der Waals surface area contributed by atoms with Crippen molar-refractivity contribution in [1.29, 1.82) is 0 Å². The highest BCUT2D eigenvalue weighted by molar-refractivity contribution is 9.10. The Bertz CT molecular complexity index is 652. The first-order chi connectivity index (χ1) is 9.63. The first kappa shape index (κ1) is 13.6. The molecule has 0 radical (unpaired) electrons. The smallest absolute Gasteiger partial charge is 0.238 e. The van der Waals surface area contributed by atoms with Crippen molar-refractivity contribution in [3.8, 4) is 0 Å². The van der Waals surface area contributed by atoms with Crippen molar-refractivity contribution in [3.63, 3.8) is 0 Å². The first-order valence-electron chi connectivity index (χ1n) is 6.14. The molecule has 2 aromatic carbocycles. The maximum absolute atomic E-state index is 13.7. The lowest BCUT2D eigenvalue weighted by atomic mass is 10.1. The van der Waals surface area contributed by atoms with E-state index in [2.05, 4.69) is 21.2 Å². The third kappa shape index (κ3) is 2.74. The predicted molar refractivity (Wildman–Crippen MR) is 82.5 cm³/mol. The van der Waals surface area contributed by atoms with Gasteiger partial charge < -0.3 is 5.32 Å². The number of amides is 1. The van der Waals surface area contributed by atoms with Crippen LogP contribution in [-0.4, -0.2) is 11.2 Å². The van der Waals surface area contributed by atoms with Crippen molar-refractivity contribution >= 4 is 39.3 Å². The molecule has 0 saturated carbocycles. The summed E-state index contributed by atoms with van der Waals surface area (Å²) in [5.74, 6) is -0.597. The van der Waals surface area contributed by atoms with E-state index in [1.165, 1.54) is 23.4 Å². The van der Waals surface area contributed by atoms with Crippen molar-refractivity contribution in [2.24, 2.45) is 0 Å². The van der Waals surface area contributed by atoms with E-state index in [4.69, 9.17) is 0 Å². The summed E-state index contributed by atoms with van der Waals surface area (Å²) in [7, 11) is 0. The number of fused-ring (bicyclic) bond motifs is 1. The molecule has 1 N–H and O–H groups in total. The lowest BCUT2D eigenvalue weighted by molar-refractivity contribution is -0.115. The van der Waals surface area contributed by atoms with E-state index < -0.39 is 5.82 Å². The zero-order chi connectivity index (χ0) is 14.1. The van der Waals surface area contributed by atoms with E-state index in [-0.39, 0.29) is 16.8 Å². The Balaban J connectivity index is 1.72. The number of rotatable bonds is 2. The summed E-state index contributed by atoms with van der Waals surface area (Å²) in [6.07, 6.45) is 0.685. The third-order valence-electron chi connectivity index (χ3n) is 3.13. The van der Waals surface area contributed by atoms with Gasteiger partial charge in [0.05, 0.1) is 10.9 Å². The Hall–Kier alpha value is -1.33. The van der Waals surface area contributed by atoms with Gasteiger partial charge in [0.2, 0.25) is 5.91 Å². The zero-order valence-electron chi connectivity index (χ0n) is 10.4. The molecule has 0 spiro atoms. The lowest BCUT2D eigenvalue weighted by Gasteiger charge is -2.10. The Labute approximate surface area is 128 Å². The van der Waals surface area contributed by atoms with Crippen LogP contribution in [0.5, 0.6) is 0 Å². The molecule has 1 unspecified atom stereocenters. The van der Waals surface area contributed by atoms with Gasteiger partial charge in [-0.3, -0.25) is 4.79 Å². The monoisotopic (exact) mass is 351 g/mol. The Morgan fingerprint density at radius 3 is 2.85 bits per heavy atom. The maximum Gasteiger partial charge on any atom is 0.238 e. The highest BCUT2D eigenvalue weighted by Crippen LogP contribution is 2.37. The highest BCUT2D eigenvalue weighted by Gasteiger charge is 2.28. The van der Waals surface area contributed by atoms with Gasteiger partial charge in [-0.15, -0.1) is 11.8 Å². The lowest BCUT2D eigenvalue weighted by Crippen LogP contribution is -2.25. The Morgan fingerprint density at radius 1 is 1.30 bits per heavy atom. The van der Waals surface area contributed by atoms with Crippen LogP contribution < -0.4 is 5.32 Å². The number of hydrogen-bond donors (Lipinski definition) is 1. The number of nitrogens with one attached hydrogen (secondary N) is 1. The second-order valence-corrected chi connectivity index (χ2v) is 6.69. The molecule has 5 heteroatoms. The van der Waals surface area contributed by atoms with Crippen LogP contribution in [0, 0.1) is 5.82 Å². The first-order valence-corrected chi connectivity index (χ1v) is 7.81. The topological polar surface area (TPSA) is 29.1 Å². The molecule has 20 heavy (non-hydrogen) atoms. The minimum Gasteiger partial charge on any atom is -0.323 e. The van der Waals surface area contributed by atoms with Crippen molar-refractivity contribution in [3.05, 3.63) is 58.3 Å². The van der Waals surface area contributed by atoms with Crippen LogP contribution in [0.25, 0.3) is 0 Å². The van der Waals surface area contributed by atoms with E-state index >= 15 is 0 Å². The average molecular weight is 352 g/mol. The van der Waals surface area contributed by atoms with Gasteiger partial charge >= 0.3 is 0 Å². The SMILES string of the molecule is O=C(Nc1ccc(Br)cc1F)C1Cc2ccccc2S1. The zero-order valence-corrected chi connectivity index (χ0v) is 12.8. The van der Waals surface area contributed by atoms with Crippen LogP contribution in [0.2, 0.25) is 0 Å². The molecular formula is C15H11BrFNOS. The van der Waals surface area contributed by atoms with Crippen molar-refractivity contribution < 1.29 is 9.18 Å². The molecule has 3 rings (SSSR count). The second kappa shape index (κ2) is 5.58. The molecule has 0 aliphatic carbocycles. The van der Waals surface area contributed by atoms with Crippen molar-refractivity contribution in [2.45, 2.75) is 16.6 Å². The number of carbonyl (C=O) groups is 1. The standard InChI is InChI=1S/C15H11BrFNOS/c16-10-5-6-12(11(17)8-10)18-15(19)14-7-9-3-1-2-4-13(9)20-14/h1-6,8,14H,7H2,(H,18,19). The van der Waals surface area contributed by atoms with Crippen LogP contribution in [0.1, 0.15) is 5.56 Å². The maximum atomic E-state index is 13.7. The fraction of sp³-hybridized carbons (Fsp3) is 0.133. The molecule has 0 bridgehead atoms. The highest BCUT2D eigenvalue weighted by atomic mass is 79.9. The summed E-state index contributed by atoms with van der Waals surface area (Å²) >= 11 is 4.72. The molecule has 1 heterocycles. The summed E-state index contributed by atoms with van der Waals surface area (Å²) in [4.78, 5) is 13.3. The molecule has 1 aliphatic rings. The number of hydrogen-bond acceptors (Lipinski definition) is 2. The van der Waals surface area contributed by atoms with Gasteiger partial charge in [-0.05, 0) is 36.2 Å². The van der Waals surface area contributed by atoms with Gasteiger partial charge in [0.25, 0.3) is 0 Å². The number of halogens is 2. The van der Waals surface area contributed by atoms with Crippen molar-refractivity contribution in [1.82, 2.24) is 0 Å². The summed E-state index contributed by atoms with van der Waals surface area (Å²) in [6, 6.07) is 12.6. The fourth-order valence-corrected chi connectivity index (χ4v) is 3.66. The molecular weight excluding hydrogens is 341 g/mol. The van der Waals surface area contributed by atoms with Gasteiger partial charge in [0.1, 0.15) is 5.82 Å². The summed E-state index contributed by atoms with van der Waals surface area (Å²) in [5, 5.41) is 2.46. The van der Waals surface area contributed by atoms with Gasteiger partial charge in [-0.25, -0.2) is 4.39 Å². The molecule has 0 fully saturated rings. The van der Waals surface area contributed by atoms with Gasteiger partial charge in [0.15, 0.2) is 0 Å². The number of carbonyl (C=O) groups excluding carboxylic acids is 1. The van der Waals surface area contributed by atoms with E-state index in [1.54, 1.807) is 12.1 Å². The molecule has 1 atom stereocenters. The van der Waals surface area contributed by atoms with E-state index in [1.807, 2.05) is 24.3 Å². The average Bonchev–Trinajstić information content (AvgIpc) is 2.86. The third-order valence-corrected chi connectivity index (χ3v) is 4.94. The quantitative estimate of drug-likeness (QED) is 0.876. The van der Waals surface area contributed by atoms with E-state index in [9.17, 15) is 9.18 Å². The Kier molecular flexibility index (Phi) is 3.81. The van der Waals surface area contributed by atoms with Gasteiger partial charge in [0, 0.05) is 9.37 Å². The molecule has 2 nitrogen and oxygen atoms in total. The van der Waals surface area contributed by atoms with Crippen LogP contribution >= 0.6 is 27.7 Å². The Morgan fingerprint density at radius 2 is 2.10 bits per heavy atom. The largest absolute Gasteiger partial charge is 0.323 e. The summed E-state index contributed by atoms with van der Waals surface area (Å²) in [5.41, 5.74) is 1.39. The van der Waals surface area contributed by atoms with Crippen LogP contribution in [0.15, 0.2) is 51.8 Å². The molecule has 0 saturated heterocycles.